The number of pyridine rings is 1. The van der Waals surface area contributed by atoms with Gasteiger partial charge in [0.15, 0.2) is 0 Å². The highest BCUT2D eigenvalue weighted by atomic mass is 16.4. The van der Waals surface area contributed by atoms with Gasteiger partial charge in [0.05, 0.1) is 29.4 Å². The number of carbonyl (C=O) groups is 2. The van der Waals surface area contributed by atoms with Gasteiger partial charge < -0.3 is 25.2 Å². The van der Waals surface area contributed by atoms with Crippen LogP contribution in [0.1, 0.15) is 79.7 Å². The first-order valence-electron chi connectivity index (χ1n) is 14.2. The van der Waals surface area contributed by atoms with Gasteiger partial charge in [0.2, 0.25) is 0 Å². The Morgan fingerprint density at radius 3 is 2.50 bits per heavy atom. The number of aromatic nitrogens is 3. The van der Waals surface area contributed by atoms with E-state index in [9.17, 15) is 19.5 Å². The summed E-state index contributed by atoms with van der Waals surface area (Å²) in [6.45, 7) is 11.4. The van der Waals surface area contributed by atoms with Crippen molar-refractivity contribution in [3.05, 3.63) is 57.1 Å². The molecule has 2 aromatic heterocycles. The molecular weight excluding hydrogens is 508 g/mol. The maximum absolute atomic E-state index is 13.7. The Balaban J connectivity index is 1.52. The van der Waals surface area contributed by atoms with Crippen LogP contribution in [-0.2, 0) is 6.54 Å². The molecule has 40 heavy (non-hydrogen) atoms. The maximum Gasteiger partial charge on any atom is 0.407 e. The van der Waals surface area contributed by atoms with Gasteiger partial charge in [0.1, 0.15) is 0 Å². The van der Waals surface area contributed by atoms with Crippen molar-refractivity contribution in [1.29, 1.82) is 0 Å². The van der Waals surface area contributed by atoms with Gasteiger partial charge >= 0.3 is 6.09 Å². The van der Waals surface area contributed by atoms with Crippen molar-refractivity contribution in [2.24, 2.45) is 5.41 Å². The third kappa shape index (κ3) is 5.31. The van der Waals surface area contributed by atoms with Crippen molar-refractivity contribution in [3.63, 3.8) is 0 Å². The number of carboxylic acid groups (broad SMARTS) is 1. The molecule has 10 nitrogen and oxygen atoms in total. The first-order chi connectivity index (χ1) is 18.9. The quantitative estimate of drug-likeness (QED) is 0.428. The summed E-state index contributed by atoms with van der Waals surface area (Å²) in [7, 11) is 0. The van der Waals surface area contributed by atoms with E-state index in [0.29, 0.717) is 36.8 Å². The number of rotatable bonds is 5. The zero-order valence-electron chi connectivity index (χ0n) is 24.1. The van der Waals surface area contributed by atoms with Crippen molar-refractivity contribution < 1.29 is 14.7 Å². The van der Waals surface area contributed by atoms with Crippen LogP contribution in [0.3, 0.4) is 0 Å². The maximum atomic E-state index is 13.7. The lowest BCUT2D eigenvalue weighted by Gasteiger charge is -2.46. The fourth-order valence-electron chi connectivity index (χ4n) is 6.29. The van der Waals surface area contributed by atoms with Gasteiger partial charge in [-0.2, -0.15) is 5.10 Å². The minimum Gasteiger partial charge on any atom is -0.465 e. The number of nitrogens with zero attached hydrogens (tertiary/aromatic N) is 4. The first-order valence-corrected chi connectivity index (χ1v) is 14.2. The van der Waals surface area contributed by atoms with Crippen molar-refractivity contribution >= 4 is 28.6 Å². The predicted octanol–water partition coefficient (Wildman–Crippen LogP) is 4.60. The van der Waals surface area contributed by atoms with E-state index in [1.165, 1.54) is 4.90 Å². The van der Waals surface area contributed by atoms with E-state index in [0.717, 1.165) is 53.5 Å². The zero-order valence-corrected chi connectivity index (χ0v) is 24.1. The van der Waals surface area contributed by atoms with Gasteiger partial charge in [-0.15, -0.1) is 0 Å². The summed E-state index contributed by atoms with van der Waals surface area (Å²) in [4.78, 5) is 44.8. The van der Waals surface area contributed by atoms with E-state index in [1.807, 2.05) is 26.0 Å². The predicted molar refractivity (Wildman–Crippen MR) is 155 cm³/mol. The molecule has 1 atom stereocenters. The van der Waals surface area contributed by atoms with Crippen LogP contribution in [0.5, 0.6) is 0 Å². The molecule has 3 aromatic rings. The van der Waals surface area contributed by atoms with Gasteiger partial charge in [0.25, 0.3) is 11.5 Å². The van der Waals surface area contributed by atoms with Gasteiger partial charge in [0, 0.05) is 48.5 Å². The molecule has 0 bridgehead atoms. The summed E-state index contributed by atoms with van der Waals surface area (Å²) in [6.07, 6.45) is 5.30. The van der Waals surface area contributed by atoms with Crippen LogP contribution in [-0.4, -0.2) is 62.4 Å². The summed E-state index contributed by atoms with van der Waals surface area (Å²) < 4.78 is 2.06. The Morgan fingerprint density at radius 1 is 1.12 bits per heavy atom. The monoisotopic (exact) mass is 548 g/mol. The van der Waals surface area contributed by atoms with E-state index in [-0.39, 0.29) is 29.5 Å². The highest BCUT2D eigenvalue weighted by Crippen LogP contribution is 2.36. The molecule has 2 amide bonds. The number of amides is 2. The third-order valence-corrected chi connectivity index (χ3v) is 8.53. The second kappa shape index (κ2) is 10.6. The molecule has 3 heterocycles. The highest BCUT2D eigenvalue weighted by molar-refractivity contribution is 6.07. The van der Waals surface area contributed by atoms with Gasteiger partial charge in [-0.3, -0.25) is 14.3 Å². The average Bonchev–Trinajstić information content (AvgIpc) is 3.56. The largest absolute Gasteiger partial charge is 0.465 e. The van der Waals surface area contributed by atoms with Crippen LogP contribution < -0.4 is 15.8 Å². The lowest BCUT2D eigenvalue weighted by molar-refractivity contribution is 0.0748. The van der Waals surface area contributed by atoms with Crippen LogP contribution >= 0.6 is 0 Å². The number of anilines is 1. The molecular formula is C30H40N6O4. The molecule has 0 spiro atoms. The number of carbonyl (C=O) groups excluding carboxylic acids is 1. The zero-order chi connectivity index (χ0) is 28.8. The standard InChI is InChI=1S/C30H40N6O4/c1-18-12-19(2)33-28(38)23(18)15-31-27(37)22-13-21(14-25-24(22)16-32-36(25)20-8-6-7-9-20)34-10-11-35(29(39)40)26(17-34)30(3,4)5/h12-14,16,20,26H,6-11,15,17H2,1-5H3,(H,31,37)(H,33,38)(H,39,40). The van der Waals surface area contributed by atoms with Gasteiger partial charge in [-0.05, 0) is 55.9 Å². The van der Waals surface area contributed by atoms with Crippen molar-refractivity contribution in [2.75, 3.05) is 24.5 Å². The lowest BCUT2D eigenvalue weighted by Crippen LogP contribution is -2.59. The Labute approximate surface area is 234 Å². The molecule has 1 saturated heterocycles. The molecule has 0 radical (unpaired) electrons. The second-order valence-electron chi connectivity index (χ2n) is 12.4. The molecule has 10 heteroatoms. The molecule has 1 aliphatic carbocycles. The van der Waals surface area contributed by atoms with Crippen LogP contribution in [0.4, 0.5) is 10.5 Å². The van der Waals surface area contributed by atoms with Crippen LogP contribution in [0.15, 0.2) is 29.2 Å². The number of hydrogen-bond donors (Lipinski definition) is 3. The van der Waals surface area contributed by atoms with Crippen LogP contribution in [0, 0.1) is 19.3 Å². The van der Waals surface area contributed by atoms with E-state index in [2.05, 4.69) is 46.7 Å². The third-order valence-electron chi connectivity index (χ3n) is 8.53. The Bertz CT molecular complexity index is 1490. The lowest BCUT2D eigenvalue weighted by atomic mass is 9.84. The smallest absolute Gasteiger partial charge is 0.407 e. The molecule has 1 aromatic carbocycles. The van der Waals surface area contributed by atoms with Crippen molar-refractivity contribution in [3.8, 4) is 0 Å². The number of fused-ring (bicyclic) bond motifs is 1. The molecule has 1 saturated carbocycles. The van der Waals surface area contributed by atoms with E-state index < -0.39 is 6.09 Å². The molecule has 1 aliphatic heterocycles. The summed E-state index contributed by atoms with van der Waals surface area (Å²) in [5, 5.41) is 18.3. The van der Waals surface area contributed by atoms with E-state index >= 15 is 0 Å². The van der Waals surface area contributed by atoms with E-state index in [1.54, 1.807) is 6.20 Å². The molecule has 1 unspecified atom stereocenters. The van der Waals surface area contributed by atoms with E-state index in [4.69, 9.17) is 5.10 Å². The Kier molecular flexibility index (Phi) is 7.37. The Hall–Kier alpha value is -3.82. The van der Waals surface area contributed by atoms with Gasteiger partial charge in [-0.25, -0.2) is 4.79 Å². The first kappa shape index (κ1) is 27.7. The van der Waals surface area contributed by atoms with Crippen LogP contribution in [0.2, 0.25) is 0 Å². The molecule has 3 N–H and O–H groups in total. The fraction of sp³-hybridized carbons (Fsp3) is 0.533. The average molecular weight is 549 g/mol. The summed E-state index contributed by atoms with van der Waals surface area (Å²) >= 11 is 0. The van der Waals surface area contributed by atoms with Crippen molar-refractivity contribution in [1.82, 2.24) is 25.0 Å². The molecule has 214 valence electrons. The van der Waals surface area contributed by atoms with Crippen LogP contribution in [0.25, 0.3) is 10.9 Å². The summed E-state index contributed by atoms with van der Waals surface area (Å²) in [6, 6.07) is 5.98. The second-order valence-corrected chi connectivity index (χ2v) is 12.4. The number of aryl methyl sites for hydroxylation is 2. The summed E-state index contributed by atoms with van der Waals surface area (Å²) in [5.74, 6) is -0.270. The number of piperazine rings is 1. The number of aromatic amines is 1. The highest BCUT2D eigenvalue weighted by Gasteiger charge is 2.38. The number of nitrogens with one attached hydrogen (secondary N) is 2. The van der Waals surface area contributed by atoms with Crippen molar-refractivity contribution in [2.45, 2.75) is 78.9 Å². The normalized spacial score (nSPS) is 18.5. The molecule has 2 fully saturated rings. The van der Waals surface area contributed by atoms with Gasteiger partial charge in [-0.1, -0.05) is 33.6 Å². The number of benzene rings is 1. The molecule has 2 aliphatic rings. The number of H-pyrrole nitrogens is 1. The molecule has 5 rings (SSSR count). The Morgan fingerprint density at radius 2 is 1.85 bits per heavy atom. The summed E-state index contributed by atoms with van der Waals surface area (Å²) in [5.41, 5.74) is 3.98. The number of hydrogen-bond acceptors (Lipinski definition) is 5. The minimum absolute atomic E-state index is 0.117. The SMILES string of the molecule is Cc1cc(C)c(CNC(=O)c2cc(N3CCN(C(=O)O)C(C(C)(C)C)C3)cc3c2cnn3C2CCCC2)c(=O)[nH]1. The fourth-order valence-corrected chi connectivity index (χ4v) is 6.29. The topological polar surface area (TPSA) is 124 Å². The minimum atomic E-state index is -0.907.